The van der Waals surface area contributed by atoms with Gasteiger partial charge in [0.2, 0.25) is 0 Å². The van der Waals surface area contributed by atoms with E-state index < -0.39 is 5.97 Å². The number of benzene rings is 1. The molecule has 0 spiro atoms. The van der Waals surface area contributed by atoms with Crippen LogP contribution in [0.1, 0.15) is 22.5 Å². The Labute approximate surface area is 140 Å². The van der Waals surface area contributed by atoms with Gasteiger partial charge in [-0.05, 0) is 17.7 Å². The van der Waals surface area contributed by atoms with E-state index in [4.69, 9.17) is 0 Å². The fourth-order valence-corrected chi connectivity index (χ4v) is 3.59. The van der Waals surface area contributed by atoms with E-state index in [0.29, 0.717) is 5.69 Å². The first-order valence-electron chi connectivity index (χ1n) is 8.26. The summed E-state index contributed by atoms with van der Waals surface area (Å²) in [5.41, 5.74) is 5.20. The Balaban J connectivity index is 1.65. The number of carboxylic acid groups (broad SMARTS) is 1. The van der Waals surface area contributed by atoms with Crippen molar-refractivity contribution in [2.24, 2.45) is 0 Å². The molecule has 5 nitrogen and oxygen atoms in total. The van der Waals surface area contributed by atoms with E-state index in [1.165, 1.54) is 16.0 Å². The lowest BCUT2D eigenvalue weighted by Crippen LogP contribution is -3.10. The standard InChI is InChI=1S/C19H19N3O2/c23-19(24)11-16-17(22-9-4-3-7-18(22)20-16)13-21-10-8-14-5-1-2-6-15(14)12-21/h1-7,9H,8,10-13H2,(H,23,24). The van der Waals surface area contributed by atoms with Gasteiger partial charge in [-0.25, -0.2) is 4.98 Å². The topological polar surface area (TPSA) is 61.9 Å². The molecule has 0 bridgehead atoms. The van der Waals surface area contributed by atoms with Gasteiger partial charge in [0, 0.05) is 30.6 Å². The van der Waals surface area contributed by atoms with Crippen LogP contribution in [0.25, 0.3) is 5.65 Å². The number of carboxylic acids is 1. The number of carbonyl (C=O) groups excluding carboxylic acids is 1. The van der Waals surface area contributed by atoms with Gasteiger partial charge in [-0.1, -0.05) is 30.3 Å². The number of quaternary nitrogens is 1. The Bertz CT molecular complexity index is 901. The van der Waals surface area contributed by atoms with Crippen molar-refractivity contribution in [3.8, 4) is 0 Å². The van der Waals surface area contributed by atoms with Gasteiger partial charge in [0.15, 0.2) is 0 Å². The van der Waals surface area contributed by atoms with Gasteiger partial charge >= 0.3 is 0 Å². The Morgan fingerprint density at radius 3 is 2.79 bits per heavy atom. The number of hydrogen-bond donors (Lipinski definition) is 1. The van der Waals surface area contributed by atoms with Gasteiger partial charge in [0.1, 0.15) is 24.4 Å². The smallest absolute Gasteiger partial charge is 0.137 e. The van der Waals surface area contributed by atoms with Crippen LogP contribution in [0, 0.1) is 0 Å². The zero-order chi connectivity index (χ0) is 16.5. The summed E-state index contributed by atoms with van der Waals surface area (Å²) in [5, 5.41) is 11.1. The molecule has 2 aromatic heterocycles. The minimum absolute atomic E-state index is 0.138. The number of carbonyl (C=O) groups is 1. The molecule has 3 aromatic rings. The van der Waals surface area contributed by atoms with E-state index in [9.17, 15) is 9.90 Å². The first-order chi connectivity index (χ1) is 11.7. The Hall–Kier alpha value is -2.66. The molecule has 0 amide bonds. The van der Waals surface area contributed by atoms with Crippen molar-refractivity contribution in [1.29, 1.82) is 0 Å². The molecule has 1 aliphatic heterocycles. The molecule has 1 unspecified atom stereocenters. The lowest BCUT2D eigenvalue weighted by Gasteiger charge is -2.26. The molecule has 4 rings (SSSR count). The highest BCUT2D eigenvalue weighted by atomic mass is 16.4. The van der Waals surface area contributed by atoms with Crippen LogP contribution in [0.4, 0.5) is 0 Å². The fraction of sp³-hybridized carbons (Fsp3) is 0.263. The molecule has 1 N–H and O–H groups in total. The van der Waals surface area contributed by atoms with E-state index in [1.807, 2.05) is 28.8 Å². The average molecular weight is 321 g/mol. The molecule has 1 atom stereocenters. The third-order valence-electron chi connectivity index (χ3n) is 4.75. The third kappa shape index (κ3) is 2.78. The molecule has 1 aliphatic rings. The minimum atomic E-state index is -1.08. The largest absolute Gasteiger partial charge is 0.550 e. The van der Waals surface area contributed by atoms with E-state index in [0.717, 1.165) is 37.4 Å². The molecule has 122 valence electrons. The van der Waals surface area contributed by atoms with Crippen LogP contribution in [0.15, 0.2) is 48.7 Å². The monoisotopic (exact) mass is 321 g/mol. The summed E-state index contributed by atoms with van der Waals surface area (Å²) in [7, 11) is 0. The Morgan fingerprint density at radius 2 is 1.96 bits per heavy atom. The highest BCUT2D eigenvalue weighted by molar-refractivity contribution is 5.68. The van der Waals surface area contributed by atoms with Crippen LogP contribution in [0.5, 0.6) is 0 Å². The van der Waals surface area contributed by atoms with Gasteiger partial charge in [0.25, 0.3) is 0 Å². The van der Waals surface area contributed by atoms with E-state index in [1.54, 1.807) is 0 Å². The molecule has 0 radical (unpaired) electrons. The number of aliphatic carboxylic acids is 1. The van der Waals surface area contributed by atoms with Crippen LogP contribution < -0.4 is 10.0 Å². The van der Waals surface area contributed by atoms with Crippen molar-refractivity contribution >= 4 is 11.6 Å². The van der Waals surface area contributed by atoms with Crippen molar-refractivity contribution in [1.82, 2.24) is 9.38 Å². The first kappa shape index (κ1) is 14.9. The number of nitrogens with one attached hydrogen (secondary N) is 1. The number of rotatable bonds is 4. The van der Waals surface area contributed by atoms with Crippen molar-refractivity contribution < 1.29 is 14.8 Å². The second-order valence-electron chi connectivity index (χ2n) is 6.36. The lowest BCUT2D eigenvalue weighted by atomic mass is 10.00. The quantitative estimate of drug-likeness (QED) is 0.722. The fourth-order valence-electron chi connectivity index (χ4n) is 3.59. The second-order valence-corrected chi connectivity index (χ2v) is 6.36. The Kier molecular flexibility index (Phi) is 3.78. The number of aromatic nitrogens is 2. The van der Waals surface area contributed by atoms with Crippen LogP contribution >= 0.6 is 0 Å². The summed E-state index contributed by atoms with van der Waals surface area (Å²) in [4.78, 5) is 17.0. The maximum atomic E-state index is 11.1. The zero-order valence-corrected chi connectivity index (χ0v) is 13.4. The molecule has 0 aliphatic carbocycles. The van der Waals surface area contributed by atoms with E-state index >= 15 is 0 Å². The molecule has 3 heterocycles. The highest BCUT2D eigenvalue weighted by Crippen LogP contribution is 2.14. The van der Waals surface area contributed by atoms with Crippen LogP contribution in [-0.2, 0) is 30.7 Å². The van der Waals surface area contributed by atoms with Gasteiger partial charge in [-0.3, -0.25) is 4.40 Å². The molecular weight excluding hydrogens is 302 g/mol. The minimum Gasteiger partial charge on any atom is -0.550 e. The summed E-state index contributed by atoms with van der Waals surface area (Å²) < 4.78 is 2.01. The van der Waals surface area contributed by atoms with Crippen molar-refractivity contribution in [3.63, 3.8) is 0 Å². The van der Waals surface area contributed by atoms with Crippen LogP contribution in [-0.4, -0.2) is 21.9 Å². The van der Waals surface area contributed by atoms with Crippen molar-refractivity contribution in [3.05, 3.63) is 71.2 Å². The van der Waals surface area contributed by atoms with E-state index in [-0.39, 0.29) is 6.42 Å². The molecule has 0 saturated carbocycles. The summed E-state index contributed by atoms with van der Waals surface area (Å²) in [6.07, 6.45) is 2.87. The van der Waals surface area contributed by atoms with Gasteiger partial charge in [0.05, 0.1) is 12.2 Å². The molecular formula is C19H19N3O2. The van der Waals surface area contributed by atoms with Crippen molar-refractivity contribution in [2.45, 2.75) is 25.9 Å². The SMILES string of the molecule is O=C([O-])Cc1nc2ccccn2c1C[NH+]1CCc2ccccc2C1. The number of nitrogens with zero attached hydrogens (tertiary/aromatic N) is 2. The third-order valence-corrected chi connectivity index (χ3v) is 4.75. The summed E-state index contributed by atoms with van der Waals surface area (Å²) in [6, 6.07) is 14.3. The second kappa shape index (κ2) is 6.09. The van der Waals surface area contributed by atoms with Crippen LogP contribution in [0.3, 0.4) is 0 Å². The van der Waals surface area contributed by atoms with Crippen molar-refractivity contribution in [2.75, 3.05) is 6.54 Å². The average Bonchev–Trinajstić information content (AvgIpc) is 2.91. The van der Waals surface area contributed by atoms with Gasteiger partial charge in [-0.15, -0.1) is 0 Å². The van der Waals surface area contributed by atoms with E-state index in [2.05, 4.69) is 29.2 Å². The summed E-state index contributed by atoms with van der Waals surface area (Å²) in [6.45, 7) is 2.77. The zero-order valence-electron chi connectivity index (χ0n) is 13.4. The molecule has 0 fully saturated rings. The molecule has 5 heteroatoms. The molecule has 24 heavy (non-hydrogen) atoms. The number of fused-ring (bicyclic) bond motifs is 2. The van der Waals surface area contributed by atoms with Gasteiger partial charge < -0.3 is 14.8 Å². The predicted octanol–water partition coefficient (Wildman–Crippen LogP) is -0.232. The molecule has 0 saturated heterocycles. The number of hydrogen-bond acceptors (Lipinski definition) is 3. The normalized spacial score (nSPS) is 16.9. The maximum absolute atomic E-state index is 11.1. The summed E-state index contributed by atoms with van der Waals surface area (Å²) >= 11 is 0. The van der Waals surface area contributed by atoms with Crippen LogP contribution in [0.2, 0.25) is 0 Å². The maximum Gasteiger partial charge on any atom is 0.137 e. The summed E-state index contributed by atoms with van der Waals surface area (Å²) in [5.74, 6) is -1.08. The van der Waals surface area contributed by atoms with Gasteiger partial charge in [-0.2, -0.15) is 0 Å². The highest BCUT2D eigenvalue weighted by Gasteiger charge is 2.22. The Morgan fingerprint density at radius 1 is 1.17 bits per heavy atom. The number of imidazole rings is 1. The number of pyridine rings is 1. The lowest BCUT2D eigenvalue weighted by molar-refractivity contribution is -0.929. The first-order valence-corrected chi connectivity index (χ1v) is 8.26. The molecule has 1 aromatic carbocycles. The predicted molar refractivity (Wildman–Crippen MR) is 87.3 cm³/mol.